The molecule has 0 aliphatic carbocycles. The van der Waals surface area contributed by atoms with Gasteiger partial charge in [-0.3, -0.25) is 9.78 Å². The Morgan fingerprint density at radius 1 is 0.844 bits per heavy atom. The van der Waals surface area contributed by atoms with Gasteiger partial charge < -0.3 is 19.3 Å². The summed E-state index contributed by atoms with van der Waals surface area (Å²) in [5.74, 6) is 1.44. The van der Waals surface area contributed by atoms with E-state index in [0.717, 1.165) is 22.8 Å². The number of carbonyl (C=O) groups is 2. The normalized spacial score (nSPS) is 13.5. The summed E-state index contributed by atoms with van der Waals surface area (Å²) in [5.41, 5.74) is 2.25. The second kappa shape index (κ2) is 9.96. The topological polar surface area (TPSA) is 72.0 Å². The first-order chi connectivity index (χ1) is 15.6. The summed E-state index contributed by atoms with van der Waals surface area (Å²) < 4.78 is 10.8. The lowest BCUT2D eigenvalue weighted by Crippen LogP contribution is -2.50. The smallest absolute Gasteiger partial charge is 0.409 e. The van der Waals surface area contributed by atoms with E-state index in [1.165, 1.54) is 0 Å². The number of hydrogen-bond donors (Lipinski definition) is 0. The highest BCUT2D eigenvalue weighted by Gasteiger charge is 2.25. The van der Waals surface area contributed by atoms with E-state index < -0.39 is 0 Å². The van der Waals surface area contributed by atoms with Gasteiger partial charge in [0.15, 0.2) is 0 Å². The summed E-state index contributed by atoms with van der Waals surface area (Å²) >= 11 is 0. The van der Waals surface area contributed by atoms with Gasteiger partial charge in [-0.05, 0) is 55.5 Å². The standard InChI is InChI=1S/C25H25N3O4/c1-2-31-25(30)28-16-14-27(15-17-28)24(29)20-10-13-23(26-18-20)19-8-11-22(12-9-19)32-21-6-4-3-5-7-21/h3-13,18H,2,14-17H2,1H3. The molecule has 0 spiro atoms. The minimum absolute atomic E-state index is 0.0841. The Morgan fingerprint density at radius 2 is 1.50 bits per heavy atom. The van der Waals surface area contributed by atoms with Gasteiger partial charge in [0, 0.05) is 37.9 Å². The lowest BCUT2D eigenvalue weighted by molar-refractivity contribution is 0.0570. The molecule has 0 radical (unpaired) electrons. The molecule has 1 aromatic heterocycles. The Labute approximate surface area is 187 Å². The van der Waals surface area contributed by atoms with E-state index in [4.69, 9.17) is 9.47 Å². The quantitative estimate of drug-likeness (QED) is 0.597. The molecule has 0 atom stereocenters. The molecule has 7 nitrogen and oxygen atoms in total. The number of benzene rings is 2. The zero-order valence-corrected chi connectivity index (χ0v) is 17.9. The molecule has 2 heterocycles. The Hall–Kier alpha value is -3.87. The van der Waals surface area contributed by atoms with Crippen LogP contribution < -0.4 is 4.74 Å². The molecule has 0 bridgehead atoms. The SMILES string of the molecule is CCOC(=O)N1CCN(C(=O)c2ccc(-c3ccc(Oc4ccccc4)cc3)nc2)CC1. The molecule has 32 heavy (non-hydrogen) atoms. The second-order valence-electron chi connectivity index (χ2n) is 7.35. The van der Waals surface area contributed by atoms with Gasteiger partial charge in [0.25, 0.3) is 5.91 Å². The summed E-state index contributed by atoms with van der Waals surface area (Å²) in [4.78, 5) is 32.5. The lowest BCUT2D eigenvalue weighted by Gasteiger charge is -2.34. The van der Waals surface area contributed by atoms with Crippen molar-refractivity contribution in [2.24, 2.45) is 0 Å². The third kappa shape index (κ3) is 5.06. The number of para-hydroxylation sites is 1. The number of rotatable bonds is 5. The van der Waals surface area contributed by atoms with Crippen LogP contribution in [0.1, 0.15) is 17.3 Å². The van der Waals surface area contributed by atoms with Crippen molar-refractivity contribution in [2.75, 3.05) is 32.8 Å². The van der Waals surface area contributed by atoms with E-state index in [1.54, 1.807) is 29.0 Å². The Morgan fingerprint density at radius 3 is 2.12 bits per heavy atom. The lowest BCUT2D eigenvalue weighted by atomic mass is 10.1. The summed E-state index contributed by atoms with van der Waals surface area (Å²) in [6.45, 7) is 4.01. The van der Waals surface area contributed by atoms with Crippen LogP contribution in [-0.2, 0) is 4.74 Å². The number of ether oxygens (including phenoxy) is 2. The third-order valence-electron chi connectivity index (χ3n) is 5.23. The highest BCUT2D eigenvalue weighted by atomic mass is 16.6. The molecule has 1 aliphatic heterocycles. The van der Waals surface area contributed by atoms with Crippen LogP contribution in [0.2, 0.25) is 0 Å². The van der Waals surface area contributed by atoms with Crippen molar-refractivity contribution in [1.82, 2.24) is 14.8 Å². The van der Waals surface area contributed by atoms with Crippen LogP contribution in [0.25, 0.3) is 11.3 Å². The van der Waals surface area contributed by atoms with Gasteiger partial charge in [-0.25, -0.2) is 4.79 Å². The zero-order chi connectivity index (χ0) is 22.3. The predicted octanol–water partition coefficient (Wildman–Crippen LogP) is 4.46. The summed E-state index contributed by atoms with van der Waals surface area (Å²) in [5, 5.41) is 0. The average Bonchev–Trinajstić information content (AvgIpc) is 2.85. The highest BCUT2D eigenvalue weighted by molar-refractivity contribution is 5.94. The van der Waals surface area contributed by atoms with E-state index in [9.17, 15) is 9.59 Å². The van der Waals surface area contributed by atoms with Crippen LogP contribution in [0.4, 0.5) is 4.79 Å². The minimum atomic E-state index is -0.328. The van der Waals surface area contributed by atoms with Crippen molar-refractivity contribution in [3.05, 3.63) is 78.5 Å². The molecular weight excluding hydrogens is 406 g/mol. The summed E-state index contributed by atoms with van der Waals surface area (Å²) in [6.07, 6.45) is 1.27. The number of pyridine rings is 1. The first-order valence-corrected chi connectivity index (χ1v) is 10.6. The third-order valence-corrected chi connectivity index (χ3v) is 5.23. The second-order valence-corrected chi connectivity index (χ2v) is 7.35. The van der Waals surface area contributed by atoms with Crippen molar-refractivity contribution in [3.63, 3.8) is 0 Å². The van der Waals surface area contributed by atoms with Gasteiger partial charge in [0.2, 0.25) is 0 Å². The van der Waals surface area contributed by atoms with Gasteiger partial charge >= 0.3 is 6.09 Å². The largest absolute Gasteiger partial charge is 0.457 e. The number of aromatic nitrogens is 1. The first-order valence-electron chi connectivity index (χ1n) is 10.6. The van der Waals surface area contributed by atoms with Crippen LogP contribution in [0.3, 0.4) is 0 Å². The highest BCUT2D eigenvalue weighted by Crippen LogP contribution is 2.25. The van der Waals surface area contributed by atoms with Crippen molar-refractivity contribution >= 4 is 12.0 Å². The van der Waals surface area contributed by atoms with Crippen molar-refractivity contribution < 1.29 is 19.1 Å². The van der Waals surface area contributed by atoms with E-state index in [-0.39, 0.29) is 12.0 Å². The van der Waals surface area contributed by atoms with Gasteiger partial charge in [-0.2, -0.15) is 0 Å². The molecule has 0 N–H and O–H groups in total. The first kappa shape index (κ1) is 21.4. The Kier molecular flexibility index (Phi) is 6.65. The fourth-order valence-electron chi connectivity index (χ4n) is 3.50. The molecule has 1 saturated heterocycles. The van der Waals surface area contributed by atoms with Crippen LogP contribution in [-0.4, -0.2) is 59.6 Å². The maximum atomic E-state index is 12.8. The molecule has 2 amide bonds. The predicted molar refractivity (Wildman–Crippen MR) is 121 cm³/mol. The summed E-state index contributed by atoms with van der Waals surface area (Å²) in [7, 11) is 0. The zero-order valence-electron chi connectivity index (χ0n) is 17.9. The number of nitrogens with zero attached hydrogens (tertiary/aromatic N) is 3. The van der Waals surface area contributed by atoms with Crippen LogP contribution in [0.15, 0.2) is 72.9 Å². The average molecular weight is 431 g/mol. The summed E-state index contributed by atoms with van der Waals surface area (Å²) in [6, 6.07) is 20.9. The molecule has 0 unspecified atom stereocenters. The molecular formula is C25H25N3O4. The molecule has 3 aromatic rings. The maximum absolute atomic E-state index is 12.8. The molecule has 7 heteroatoms. The van der Waals surface area contributed by atoms with Gasteiger partial charge in [-0.15, -0.1) is 0 Å². The number of hydrogen-bond acceptors (Lipinski definition) is 5. The van der Waals surface area contributed by atoms with Crippen molar-refractivity contribution in [1.29, 1.82) is 0 Å². The van der Waals surface area contributed by atoms with E-state index >= 15 is 0 Å². The van der Waals surface area contributed by atoms with Gasteiger partial charge in [0.1, 0.15) is 11.5 Å². The molecule has 4 rings (SSSR count). The monoisotopic (exact) mass is 431 g/mol. The number of carbonyl (C=O) groups excluding carboxylic acids is 2. The van der Waals surface area contributed by atoms with Gasteiger partial charge in [0.05, 0.1) is 17.9 Å². The van der Waals surface area contributed by atoms with Crippen LogP contribution in [0.5, 0.6) is 11.5 Å². The Bertz CT molecular complexity index is 1040. The van der Waals surface area contributed by atoms with Crippen molar-refractivity contribution in [3.8, 4) is 22.8 Å². The number of piperazine rings is 1. The fourth-order valence-corrected chi connectivity index (χ4v) is 3.50. The molecule has 164 valence electrons. The van der Waals surface area contributed by atoms with Crippen LogP contribution in [0, 0.1) is 0 Å². The van der Waals surface area contributed by atoms with Gasteiger partial charge in [-0.1, -0.05) is 18.2 Å². The molecule has 1 aliphatic rings. The van der Waals surface area contributed by atoms with E-state index in [0.29, 0.717) is 38.3 Å². The Balaban J connectivity index is 1.36. The maximum Gasteiger partial charge on any atom is 0.409 e. The van der Waals surface area contributed by atoms with Crippen LogP contribution >= 0.6 is 0 Å². The van der Waals surface area contributed by atoms with E-state index in [1.807, 2.05) is 60.7 Å². The molecule has 2 aromatic carbocycles. The molecule has 1 fully saturated rings. The number of amides is 2. The minimum Gasteiger partial charge on any atom is -0.457 e. The van der Waals surface area contributed by atoms with Crippen molar-refractivity contribution in [2.45, 2.75) is 6.92 Å². The fraction of sp³-hybridized carbons (Fsp3) is 0.240. The van der Waals surface area contributed by atoms with E-state index in [2.05, 4.69) is 4.98 Å². The molecule has 0 saturated carbocycles.